The molecule has 0 spiro atoms. The predicted octanol–water partition coefficient (Wildman–Crippen LogP) is -0.352. The van der Waals surface area contributed by atoms with Gasteiger partial charge in [-0.1, -0.05) is 5.16 Å². The summed E-state index contributed by atoms with van der Waals surface area (Å²) in [6.07, 6.45) is 0. The van der Waals surface area contributed by atoms with Crippen molar-refractivity contribution in [3.63, 3.8) is 0 Å². The molecule has 0 atom stereocenters. The maximum atomic E-state index is 10.6. The number of carbonyl (C=O) groups excluding carboxylic acids is 1. The van der Waals surface area contributed by atoms with E-state index in [-0.39, 0.29) is 11.7 Å². The molecule has 0 rings (SSSR count). The van der Waals surface area contributed by atoms with Gasteiger partial charge in [0.25, 0.3) is 0 Å². The number of hydrogen-bond acceptors (Lipinski definition) is 3. The van der Waals surface area contributed by atoms with Crippen molar-refractivity contribution in [1.82, 2.24) is 5.32 Å². The third-order valence-corrected chi connectivity index (χ3v) is 1.24. The number of hydrogen-bond donors (Lipinski definition) is 3. The van der Waals surface area contributed by atoms with Gasteiger partial charge in [-0.3, -0.25) is 4.79 Å². The van der Waals surface area contributed by atoms with E-state index >= 15 is 0 Å². The molecule has 5 heteroatoms. The zero-order chi connectivity index (χ0) is 9.07. The van der Waals surface area contributed by atoms with Crippen molar-refractivity contribution in [2.24, 2.45) is 10.9 Å². The fourth-order valence-corrected chi connectivity index (χ4v) is 0.629. The molecule has 0 radical (unpaired) electrons. The van der Waals surface area contributed by atoms with E-state index in [0.29, 0.717) is 0 Å². The van der Waals surface area contributed by atoms with Crippen molar-refractivity contribution in [2.45, 2.75) is 26.3 Å². The lowest BCUT2D eigenvalue weighted by Gasteiger charge is -2.23. The predicted molar refractivity (Wildman–Crippen MR) is 41.3 cm³/mol. The lowest BCUT2D eigenvalue weighted by Crippen LogP contribution is -2.52. The van der Waals surface area contributed by atoms with Gasteiger partial charge in [-0.25, -0.2) is 0 Å². The molecule has 0 aromatic rings. The highest BCUT2D eigenvalue weighted by molar-refractivity contribution is 5.92. The highest BCUT2D eigenvalue weighted by Gasteiger charge is 2.23. The van der Waals surface area contributed by atoms with Gasteiger partial charge in [0, 0.05) is 6.92 Å². The monoisotopic (exact) mass is 159 g/mol. The smallest absolute Gasteiger partial charge is 0.217 e. The summed E-state index contributed by atoms with van der Waals surface area (Å²) < 4.78 is 0. The van der Waals surface area contributed by atoms with Gasteiger partial charge in [-0.2, -0.15) is 0 Å². The molecule has 0 aromatic heterocycles. The average Bonchev–Trinajstić information content (AvgIpc) is 1.83. The number of amides is 1. The Balaban J connectivity index is 4.33. The quantitative estimate of drug-likeness (QED) is 0.223. The molecule has 0 fully saturated rings. The zero-order valence-corrected chi connectivity index (χ0v) is 6.88. The van der Waals surface area contributed by atoms with Crippen LogP contribution in [0.3, 0.4) is 0 Å². The topological polar surface area (TPSA) is 87.7 Å². The molecule has 5 nitrogen and oxygen atoms in total. The van der Waals surface area contributed by atoms with Crippen molar-refractivity contribution in [3.05, 3.63) is 0 Å². The molecule has 0 unspecified atom stereocenters. The summed E-state index contributed by atoms with van der Waals surface area (Å²) in [4.78, 5) is 10.6. The van der Waals surface area contributed by atoms with Crippen LogP contribution in [0.1, 0.15) is 20.8 Å². The van der Waals surface area contributed by atoms with Gasteiger partial charge in [-0.15, -0.1) is 0 Å². The Bertz CT molecular complexity index is 186. The summed E-state index contributed by atoms with van der Waals surface area (Å²) in [5.74, 6) is -0.241. The molecule has 0 aliphatic heterocycles. The van der Waals surface area contributed by atoms with Gasteiger partial charge in [0.2, 0.25) is 5.91 Å². The number of carbonyl (C=O) groups is 1. The van der Waals surface area contributed by atoms with Crippen LogP contribution in [0.25, 0.3) is 0 Å². The average molecular weight is 159 g/mol. The van der Waals surface area contributed by atoms with E-state index in [2.05, 4.69) is 10.5 Å². The van der Waals surface area contributed by atoms with Crippen molar-refractivity contribution in [1.29, 1.82) is 0 Å². The summed E-state index contributed by atoms with van der Waals surface area (Å²) >= 11 is 0. The normalized spacial score (nSPS) is 12.8. The van der Waals surface area contributed by atoms with Crippen molar-refractivity contribution < 1.29 is 10.0 Å². The second-order valence-electron chi connectivity index (χ2n) is 2.79. The Kier molecular flexibility index (Phi) is 2.86. The molecule has 0 heterocycles. The number of amidine groups is 1. The van der Waals surface area contributed by atoms with Gasteiger partial charge in [0.15, 0.2) is 5.84 Å². The summed E-state index contributed by atoms with van der Waals surface area (Å²) in [7, 11) is 0. The molecule has 11 heavy (non-hydrogen) atoms. The lowest BCUT2D eigenvalue weighted by atomic mass is 10.0. The maximum Gasteiger partial charge on any atom is 0.217 e. The van der Waals surface area contributed by atoms with Crippen molar-refractivity contribution in [2.75, 3.05) is 0 Å². The minimum atomic E-state index is -0.791. The van der Waals surface area contributed by atoms with E-state index in [4.69, 9.17) is 10.9 Å². The molecule has 4 N–H and O–H groups in total. The number of nitrogens with one attached hydrogen (secondary N) is 1. The van der Waals surface area contributed by atoms with Gasteiger partial charge < -0.3 is 16.3 Å². The van der Waals surface area contributed by atoms with E-state index in [9.17, 15) is 4.79 Å². The summed E-state index contributed by atoms with van der Waals surface area (Å²) in [6, 6.07) is 0. The van der Waals surface area contributed by atoms with Crippen LogP contribution >= 0.6 is 0 Å². The molecule has 64 valence electrons. The fraction of sp³-hybridized carbons (Fsp3) is 0.667. The summed E-state index contributed by atoms with van der Waals surface area (Å²) in [5, 5.41) is 13.6. The molecule has 0 aromatic carbocycles. The number of rotatable bonds is 2. The van der Waals surface area contributed by atoms with Gasteiger partial charge in [0.05, 0.1) is 5.54 Å². The molecule has 0 saturated heterocycles. The van der Waals surface area contributed by atoms with Gasteiger partial charge in [0.1, 0.15) is 0 Å². The SMILES string of the molecule is CC(=O)NC(C)(C)/C(N)=N/O. The van der Waals surface area contributed by atoms with Crippen molar-refractivity contribution in [3.8, 4) is 0 Å². The molecule has 0 saturated carbocycles. The van der Waals surface area contributed by atoms with E-state index in [1.165, 1.54) is 6.92 Å². The van der Waals surface area contributed by atoms with Crippen LogP contribution in [0.5, 0.6) is 0 Å². The Morgan fingerprint density at radius 2 is 2.09 bits per heavy atom. The van der Waals surface area contributed by atoms with Crippen LogP contribution in [0.2, 0.25) is 0 Å². The van der Waals surface area contributed by atoms with Crippen LogP contribution in [0, 0.1) is 0 Å². The highest BCUT2D eigenvalue weighted by Crippen LogP contribution is 2.00. The van der Waals surface area contributed by atoms with Gasteiger partial charge in [-0.05, 0) is 13.8 Å². The maximum absolute atomic E-state index is 10.6. The van der Waals surface area contributed by atoms with Crippen LogP contribution in [-0.4, -0.2) is 22.5 Å². The Labute approximate surface area is 65.3 Å². The van der Waals surface area contributed by atoms with E-state index in [0.717, 1.165) is 0 Å². The summed E-state index contributed by atoms with van der Waals surface area (Å²) in [5.41, 5.74) is 4.49. The van der Waals surface area contributed by atoms with E-state index in [1.54, 1.807) is 13.8 Å². The van der Waals surface area contributed by atoms with Gasteiger partial charge >= 0.3 is 0 Å². The molecule has 1 amide bonds. The van der Waals surface area contributed by atoms with Crippen molar-refractivity contribution >= 4 is 11.7 Å². The number of nitrogens with two attached hydrogens (primary N) is 1. The van der Waals surface area contributed by atoms with Crippen LogP contribution in [0.4, 0.5) is 0 Å². The lowest BCUT2D eigenvalue weighted by molar-refractivity contribution is -0.119. The van der Waals surface area contributed by atoms with Crippen LogP contribution in [0.15, 0.2) is 5.16 Å². The number of nitrogens with zero attached hydrogens (tertiary/aromatic N) is 1. The molecule has 0 bridgehead atoms. The van der Waals surface area contributed by atoms with E-state index < -0.39 is 5.54 Å². The van der Waals surface area contributed by atoms with E-state index in [1.807, 2.05) is 0 Å². The molecule has 0 aliphatic carbocycles. The number of oxime groups is 1. The first-order valence-corrected chi connectivity index (χ1v) is 3.17. The van der Waals surface area contributed by atoms with Crippen LogP contribution < -0.4 is 11.1 Å². The standard InChI is InChI=1S/C6H13N3O2/c1-4(10)8-6(2,3)5(7)9-11/h11H,1-3H3,(H2,7,9)(H,8,10). The first kappa shape index (κ1) is 9.74. The fourth-order valence-electron chi connectivity index (χ4n) is 0.629. The molecule has 0 aliphatic rings. The second-order valence-corrected chi connectivity index (χ2v) is 2.79. The third-order valence-electron chi connectivity index (χ3n) is 1.24. The summed E-state index contributed by atoms with van der Waals surface area (Å²) in [6.45, 7) is 4.65. The second kappa shape index (κ2) is 3.23. The zero-order valence-electron chi connectivity index (χ0n) is 6.88. The first-order chi connectivity index (χ1) is 4.90. The first-order valence-electron chi connectivity index (χ1n) is 3.17. The Morgan fingerprint density at radius 3 is 2.36 bits per heavy atom. The molecular formula is C6H13N3O2. The Morgan fingerprint density at radius 1 is 1.64 bits per heavy atom. The largest absolute Gasteiger partial charge is 0.409 e. The minimum Gasteiger partial charge on any atom is -0.409 e. The minimum absolute atomic E-state index is 0.0206. The Hall–Kier alpha value is -1.26. The van der Waals surface area contributed by atoms with Crippen LogP contribution in [-0.2, 0) is 4.79 Å². The third kappa shape index (κ3) is 2.88. The molecular weight excluding hydrogens is 146 g/mol. The highest BCUT2D eigenvalue weighted by atomic mass is 16.4.